The summed E-state index contributed by atoms with van der Waals surface area (Å²) in [6.45, 7) is 1.20. The van der Waals surface area contributed by atoms with E-state index in [0.717, 1.165) is 30.2 Å². The Morgan fingerprint density at radius 3 is 2.39 bits per heavy atom. The molecule has 1 N–H and O–H groups in total. The van der Waals surface area contributed by atoms with Crippen LogP contribution >= 0.6 is 0 Å². The van der Waals surface area contributed by atoms with E-state index >= 15 is 0 Å². The van der Waals surface area contributed by atoms with Crippen molar-refractivity contribution in [3.63, 3.8) is 0 Å². The van der Waals surface area contributed by atoms with Gasteiger partial charge in [-0.3, -0.25) is 14.6 Å². The van der Waals surface area contributed by atoms with E-state index in [1.165, 1.54) is 0 Å². The molecule has 2 amide bonds. The lowest BCUT2D eigenvalue weighted by atomic mass is 9.89. The Labute approximate surface area is 216 Å². The van der Waals surface area contributed by atoms with Crippen molar-refractivity contribution >= 4 is 17.5 Å². The molecule has 3 heterocycles. The zero-order chi connectivity index (χ0) is 26.6. The highest BCUT2D eigenvalue weighted by Gasteiger charge is 2.25. The number of aromatic nitrogens is 3. The van der Waals surface area contributed by atoms with E-state index in [1.807, 2.05) is 23.1 Å². The fourth-order valence-electron chi connectivity index (χ4n) is 4.60. The highest BCUT2D eigenvalue weighted by molar-refractivity contribution is 5.94. The molecule has 1 fully saturated rings. The van der Waals surface area contributed by atoms with Crippen molar-refractivity contribution in [3.8, 4) is 5.69 Å². The Balaban J connectivity index is 1.15. The number of carbonyl (C=O) groups is 2. The molecular weight excluding hydrogens is 495 g/mol. The van der Waals surface area contributed by atoms with Gasteiger partial charge in [0.05, 0.1) is 30.1 Å². The van der Waals surface area contributed by atoms with Crippen molar-refractivity contribution in [2.24, 2.45) is 0 Å². The first-order valence-electron chi connectivity index (χ1n) is 12.2. The third-order valence-corrected chi connectivity index (χ3v) is 6.66. The average Bonchev–Trinajstić information content (AvgIpc) is 3.44. The third kappa shape index (κ3) is 5.44. The predicted octanol–water partition coefficient (Wildman–Crippen LogP) is 4.89. The van der Waals surface area contributed by atoms with Crippen LogP contribution in [0.1, 0.15) is 40.2 Å². The van der Waals surface area contributed by atoms with Crippen LogP contribution in [0.2, 0.25) is 0 Å². The number of rotatable bonds is 6. The number of benzene rings is 2. The van der Waals surface area contributed by atoms with E-state index in [1.54, 1.807) is 47.7 Å². The molecule has 10 heteroatoms. The fraction of sp³-hybridized carbons (Fsp3) is 0.214. The smallest absolute Gasteiger partial charge is 0.257 e. The zero-order valence-electron chi connectivity index (χ0n) is 20.3. The summed E-state index contributed by atoms with van der Waals surface area (Å²) in [5.74, 6) is -4.00. The number of anilines is 1. The van der Waals surface area contributed by atoms with Gasteiger partial charge in [0.2, 0.25) is 5.91 Å². The number of nitrogens with one attached hydrogen (secondary N) is 1. The van der Waals surface area contributed by atoms with Gasteiger partial charge in [-0.15, -0.1) is 0 Å². The third-order valence-electron chi connectivity index (χ3n) is 6.66. The lowest BCUT2D eigenvalue weighted by Crippen LogP contribution is -2.37. The van der Waals surface area contributed by atoms with Gasteiger partial charge in [0.1, 0.15) is 5.82 Å². The van der Waals surface area contributed by atoms with E-state index in [2.05, 4.69) is 15.4 Å². The summed E-state index contributed by atoms with van der Waals surface area (Å²) in [4.78, 5) is 31.1. The summed E-state index contributed by atoms with van der Waals surface area (Å²) in [5.41, 5.74) is 2.23. The number of likely N-dealkylation sites (tertiary alicyclic amines) is 1. The Morgan fingerprint density at radius 1 is 0.947 bits per heavy atom. The zero-order valence-corrected chi connectivity index (χ0v) is 20.3. The maximum Gasteiger partial charge on any atom is 0.257 e. The minimum Gasteiger partial charge on any atom is -0.339 e. The molecule has 1 saturated heterocycles. The van der Waals surface area contributed by atoms with Crippen LogP contribution in [0.25, 0.3) is 5.69 Å². The second-order valence-electron chi connectivity index (χ2n) is 9.12. The monoisotopic (exact) mass is 519 g/mol. The van der Waals surface area contributed by atoms with Crippen molar-refractivity contribution in [1.82, 2.24) is 19.7 Å². The lowest BCUT2D eigenvalue weighted by Gasteiger charge is -2.32. The minimum atomic E-state index is -1.36. The van der Waals surface area contributed by atoms with E-state index < -0.39 is 35.3 Å². The molecule has 0 spiro atoms. The van der Waals surface area contributed by atoms with Crippen LogP contribution in [0, 0.1) is 17.5 Å². The Bertz CT molecular complexity index is 1450. The number of amides is 2. The van der Waals surface area contributed by atoms with Crippen molar-refractivity contribution in [2.45, 2.75) is 25.2 Å². The van der Waals surface area contributed by atoms with E-state index in [-0.39, 0.29) is 11.8 Å². The quantitative estimate of drug-likeness (QED) is 0.368. The normalized spacial score (nSPS) is 13.9. The molecule has 194 valence electrons. The highest BCUT2D eigenvalue weighted by atomic mass is 19.2. The van der Waals surface area contributed by atoms with Crippen molar-refractivity contribution in [3.05, 3.63) is 107 Å². The summed E-state index contributed by atoms with van der Waals surface area (Å²) < 4.78 is 42.7. The molecule has 0 bridgehead atoms. The average molecular weight is 520 g/mol. The molecule has 2 aromatic carbocycles. The number of piperidine rings is 1. The Morgan fingerprint density at radius 2 is 1.68 bits per heavy atom. The van der Waals surface area contributed by atoms with Gasteiger partial charge in [-0.1, -0.05) is 12.1 Å². The van der Waals surface area contributed by atoms with Gasteiger partial charge < -0.3 is 10.2 Å². The molecule has 2 aromatic heterocycles. The number of carbonyl (C=O) groups excluding carboxylic acids is 2. The number of halogens is 3. The summed E-state index contributed by atoms with van der Waals surface area (Å²) in [6.07, 6.45) is 7.56. The Hall–Kier alpha value is -4.47. The SMILES string of the molecule is O=C(Cc1c(F)ccc(F)c1F)Nc1ccc(C2CCN(C(=O)c3cnn(-c4cccnc4)c3)CC2)cc1. The molecule has 0 aliphatic carbocycles. The largest absolute Gasteiger partial charge is 0.339 e. The predicted molar refractivity (Wildman–Crippen MR) is 134 cm³/mol. The van der Waals surface area contributed by atoms with Crippen LogP contribution in [-0.2, 0) is 11.2 Å². The van der Waals surface area contributed by atoms with Gasteiger partial charge in [0.15, 0.2) is 11.6 Å². The lowest BCUT2D eigenvalue weighted by molar-refractivity contribution is -0.115. The molecule has 7 nitrogen and oxygen atoms in total. The van der Waals surface area contributed by atoms with Crippen LogP contribution in [0.5, 0.6) is 0 Å². The van der Waals surface area contributed by atoms with E-state index in [4.69, 9.17) is 0 Å². The minimum absolute atomic E-state index is 0.0668. The molecule has 0 unspecified atom stereocenters. The van der Waals surface area contributed by atoms with Gasteiger partial charge in [-0.05, 0) is 60.7 Å². The van der Waals surface area contributed by atoms with Crippen LogP contribution < -0.4 is 5.32 Å². The molecular formula is C28H24F3N5O2. The Kier molecular flexibility index (Phi) is 7.21. The second-order valence-corrected chi connectivity index (χ2v) is 9.12. The van der Waals surface area contributed by atoms with Gasteiger partial charge in [-0.2, -0.15) is 5.10 Å². The van der Waals surface area contributed by atoms with E-state index in [9.17, 15) is 22.8 Å². The first-order valence-corrected chi connectivity index (χ1v) is 12.2. The first-order chi connectivity index (χ1) is 18.4. The number of pyridine rings is 1. The van der Waals surface area contributed by atoms with Crippen LogP contribution in [0.3, 0.4) is 0 Å². The maximum absolute atomic E-state index is 13.8. The van der Waals surface area contributed by atoms with Crippen LogP contribution in [0.15, 0.2) is 73.3 Å². The number of hydrogen-bond donors (Lipinski definition) is 1. The molecule has 1 aliphatic rings. The second kappa shape index (κ2) is 10.9. The molecule has 38 heavy (non-hydrogen) atoms. The standard InChI is InChI=1S/C28H24F3N5O2/c29-24-7-8-25(30)27(31)23(24)14-26(37)34-21-5-3-18(4-6-21)19-9-12-35(13-10-19)28(38)20-15-33-36(17-20)22-2-1-11-32-16-22/h1-8,11,15-17,19H,9-10,12-14H2,(H,34,37). The van der Waals surface area contributed by atoms with Crippen LogP contribution in [-0.4, -0.2) is 44.6 Å². The molecule has 0 radical (unpaired) electrons. The van der Waals surface area contributed by atoms with Gasteiger partial charge >= 0.3 is 0 Å². The van der Waals surface area contributed by atoms with Gasteiger partial charge in [0, 0.05) is 36.7 Å². The summed E-state index contributed by atoms with van der Waals surface area (Å²) >= 11 is 0. The number of hydrogen-bond acceptors (Lipinski definition) is 4. The van der Waals surface area contributed by atoms with Crippen molar-refractivity contribution in [1.29, 1.82) is 0 Å². The molecule has 5 rings (SSSR count). The topological polar surface area (TPSA) is 80.1 Å². The van der Waals surface area contributed by atoms with E-state index in [0.29, 0.717) is 30.4 Å². The molecule has 0 saturated carbocycles. The van der Waals surface area contributed by atoms with Gasteiger partial charge in [0.25, 0.3) is 5.91 Å². The van der Waals surface area contributed by atoms with Gasteiger partial charge in [-0.25, -0.2) is 17.9 Å². The highest BCUT2D eigenvalue weighted by Crippen LogP contribution is 2.29. The molecule has 4 aromatic rings. The summed E-state index contributed by atoms with van der Waals surface area (Å²) in [7, 11) is 0. The van der Waals surface area contributed by atoms with Crippen molar-refractivity contribution < 1.29 is 22.8 Å². The maximum atomic E-state index is 13.8. The summed E-state index contributed by atoms with van der Waals surface area (Å²) in [6, 6.07) is 12.4. The van der Waals surface area contributed by atoms with Crippen LogP contribution in [0.4, 0.5) is 18.9 Å². The fourth-order valence-corrected chi connectivity index (χ4v) is 4.60. The molecule has 0 atom stereocenters. The number of nitrogens with zero attached hydrogens (tertiary/aromatic N) is 4. The first kappa shape index (κ1) is 25.2. The van der Waals surface area contributed by atoms with Crippen molar-refractivity contribution in [2.75, 3.05) is 18.4 Å². The summed E-state index contributed by atoms with van der Waals surface area (Å²) in [5, 5.41) is 6.86. The molecule has 1 aliphatic heterocycles.